The van der Waals surface area contributed by atoms with Crippen LogP contribution in [0.3, 0.4) is 0 Å². The molecular weight excluding hydrogens is 336 g/mol. The maximum absolute atomic E-state index is 12.3. The molecule has 1 N–H and O–H groups in total. The fraction of sp³-hybridized carbons (Fsp3) is 0.300. The second kappa shape index (κ2) is 9.23. The molecule has 0 spiro atoms. The standard InChI is InChI=1S/C20H23ClN2O2/c1-15(18-8-4-3-5-9-18)22-20(25)14-23(16(2)24)12-11-17-7-6-10-19(21)13-17/h3-10,13,15H,11-12,14H2,1-2H3,(H,22,25). The molecule has 0 aliphatic rings. The van der Waals surface area contributed by atoms with Gasteiger partial charge < -0.3 is 10.2 Å². The van der Waals surface area contributed by atoms with Crippen molar-refractivity contribution in [3.63, 3.8) is 0 Å². The lowest BCUT2D eigenvalue weighted by molar-refractivity contribution is -0.134. The highest BCUT2D eigenvalue weighted by Crippen LogP contribution is 2.12. The zero-order valence-electron chi connectivity index (χ0n) is 14.5. The van der Waals surface area contributed by atoms with Gasteiger partial charge in [-0.3, -0.25) is 9.59 Å². The van der Waals surface area contributed by atoms with Crippen molar-refractivity contribution in [3.8, 4) is 0 Å². The molecule has 0 aliphatic heterocycles. The van der Waals surface area contributed by atoms with Crippen LogP contribution in [0, 0.1) is 0 Å². The number of nitrogens with zero attached hydrogens (tertiary/aromatic N) is 1. The molecule has 2 amide bonds. The Morgan fingerprint density at radius 2 is 1.84 bits per heavy atom. The van der Waals surface area contributed by atoms with Crippen molar-refractivity contribution in [2.75, 3.05) is 13.1 Å². The van der Waals surface area contributed by atoms with E-state index in [9.17, 15) is 9.59 Å². The maximum atomic E-state index is 12.3. The molecule has 0 saturated heterocycles. The molecule has 1 unspecified atom stereocenters. The van der Waals surface area contributed by atoms with Gasteiger partial charge in [-0.1, -0.05) is 54.1 Å². The van der Waals surface area contributed by atoms with E-state index in [4.69, 9.17) is 11.6 Å². The van der Waals surface area contributed by atoms with Crippen LogP contribution in [0.4, 0.5) is 0 Å². The van der Waals surface area contributed by atoms with Crippen molar-refractivity contribution < 1.29 is 9.59 Å². The van der Waals surface area contributed by atoms with E-state index in [0.717, 1.165) is 11.1 Å². The molecule has 5 heteroatoms. The molecule has 0 aliphatic carbocycles. The number of rotatable bonds is 7. The first-order valence-electron chi connectivity index (χ1n) is 8.30. The van der Waals surface area contributed by atoms with Crippen LogP contribution < -0.4 is 5.32 Å². The van der Waals surface area contributed by atoms with Gasteiger partial charge in [0.15, 0.2) is 0 Å². The monoisotopic (exact) mass is 358 g/mol. The molecule has 2 rings (SSSR count). The Balaban J connectivity index is 1.89. The molecule has 132 valence electrons. The van der Waals surface area contributed by atoms with Gasteiger partial charge in [-0.15, -0.1) is 0 Å². The Kier molecular flexibility index (Phi) is 7.02. The van der Waals surface area contributed by atoms with Crippen LogP contribution in [0.5, 0.6) is 0 Å². The molecule has 2 aromatic carbocycles. The molecule has 0 heterocycles. The Morgan fingerprint density at radius 1 is 1.12 bits per heavy atom. The first kappa shape index (κ1) is 19.0. The van der Waals surface area contributed by atoms with Gasteiger partial charge in [0.05, 0.1) is 12.6 Å². The minimum absolute atomic E-state index is 0.0487. The summed E-state index contributed by atoms with van der Waals surface area (Å²) < 4.78 is 0. The number of hydrogen-bond acceptors (Lipinski definition) is 2. The van der Waals surface area contributed by atoms with E-state index in [1.165, 1.54) is 6.92 Å². The fourth-order valence-corrected chi connectivity index (χ4v) is 2.80. The molecule has 0 bridgehead atoms. The van der Waals surface area contributed by atoms with Crippen molar-refractivity contribution in [1.82, 2.24) is 10.2 Å². The lowest BCUT2D eigenvalue weighted by Crippen LogP contribution is -2.41. The second-order valence-electron chi connectivity index (χ2n) is 6.02. The van der Waals surface area contributed by atoms with E-state index in [-0.39, 0.29) is 24.4 Å². The van der Waals surface area contributed by atoms with Crippen LogP contribution in [-0.4, -0.2) is 29.8 Å². The summed E-state index contributed by atoms with van der Waals surface area (Å²) in [4.78, 5) is 25.7. The topological polar surface area (TPSA) is 49.4 Å². The van der Waals surface area contributed by atoms with Crippen LogP contribution in [0.1, 0.15) is 31.0 Å². The second-order valence-corrected chi connectivity index (χ2v) is 6.46. The zero-order chi connectivity index (χ0) is 18.2. The van der Waals surface area contributed by atoms with Gasteiger partial charge in [-0.05, 0) is 36.6 Å². The average molecular weight is 359 g/mol. The van der Waals surface area contributed by atoms with Gasteiger partial charge >= 0.3 is 0 Å². The Bertz CT molecular complexity index is 719. The summed E-state index contributed by atoms with van der Waals surface area (Å²) in [5.41, 5.74) is 2.07. The van der Waals surface area contributed by atoms with Crippen LogP contribution in [0.15, 0.2) is 54.6 Å². The summed E-state index contributed by atoms with van der Waals surface area (Å²) in [6, 6.07) is 17.2. The van der Waals surface area contributed by atoms with Crippen LogP contribution >= 0.6 is 11.6 Å². The van der Waals surface area contributed by atoms with Gasteiger partial charge in [0.25, 0.3) is 0 Å². The molecule has 25 heavy (non-hydrogen) atoms. The number of carbonyl (C=O) groups excluding carboxylic acids is 2. The van der Waals surface area contributed by atoms with Gasteiger partial charge in [0.1, 0.15) is 0 Å². The highest BCUT2D eigenvalue weighted by Gasteiger charge is 2.16. The first-order chi connectivity index (χ1) is 12.0. The Hall–Kier alpha value is -2.33. The minimum Gasteiger partial charge on any atom is -0.348 e. The molecule has 2 aromatic rings. The van der Waals surface area contributed by atoms with Crippen molar-refractivity contribution in [2.45, 2.75) is 26.3 Å². The van der Waals surface area contributed by atoms with E-state index in [2.05, 4.69) is 5.32 Å². The zero-order valence-corrected chi connectivity index (χ0v) is 15.3. The summed E-state index contributed by atoms with van der Waals surface area (Å²) in [7, 11) is 0. The first-order valence-corrected chi connectivity index (χ1v) is 8.68. The normalized spacial score (nSPS) is 11.6. The van der Waals surface area contributed by atoms with Crippen LogP contribution in [-0.2, 0) is 16.0 Å². The molecule has 0 radical (unpaired) electrons. The van der Waals surface area contributed by atoms with Gasteiger partial charge in [-0.2, -0.15) is 0 Å². The summed E-state index contributed by atoms with van der Waals surface area (Å²) in [6.45, 7) is 3.93. The number of amides is 2. The third-order valence-corrected chi connectivity index (χ3v) is 4.25. The summed E-state index contributed by atoms with van der Waals surface area (Å²) in [5.74, 6) is -0.290. The highest BCUT2D eigenvalue weighted by atomic mass is 35.5. The number of benzene rings is 2. The Morgan fingerprint density at radius 3 is 2.48 bits per heavy atom. The summed E-state index contributed by atoms with van der Waals surface area (Å²) in [5, 5.41) is 3.60. The smallest absolute Gasteiger partial charge is 0.240 e. The number of nitrogens with one attached hydrogen (secondary N) is 1. The van der Waals surface area contributed by atoms with E-state index in [1.807, 2.05) is 61.5 Å². The lowest BCUT2D eigenvalue weighted by Gasteiger charge is -2.22. The van der Waals surface area contributed by atoms with Crippen molar-refractivity contribution in [3.05, 3.63) is 70.7 Å². The van der Waals surface area contributed by atoms with E-state index < -0.39 is 0 Å². The third-order valence-electron chi connectivity index (χ3n) is 4.02. The van der Waals surface area contributed by atoms with Crippen molar-refractivity contribution >= 4 is 23.4 Å². The average Bonchev–Trinajstić information content (AvgIpc) is 2.59. The number of halogens is 1. The third kappa shape index (κ3) is 6.24. The van der Waals surface area contributed by atoms with Crippen LogP contribution in [0.2, 0.25) is 5.02 Å². The largest absolute Gasteiger partial charge is 0.348 e. The molecule has 0 aromatic heterocycles. The summed E-state index contributed by atoms with van der Waals surface area (Å²) in [6.07, 6.45) is 0.654. The molecule has 1 atom stereocenters. The van der Waals surface area contributed by atoms with Crippen LogP contribution in [0.25, 0.3) is 0 Å². The predicted molar refractivity (Wildman–Crippen MR) is 100 cm³/mol. The molecule has 4 nitrogen and oxygen atoms in total. The Labute approximate surface area is 153 Å². The fourth-order valence-electron chi connectivity index (χ4n) is 2.59. The van der Waals surface area contributed by atoms with Gasteiger partial charge in [0.2, 0.25) is 11.8 Å². The van der Waals surface area contributed by atoms with E-state index >= 15 is 0 Å². The van der Waals surface area contributed by atoms with E-state index in [1.54, 1.807) is 4.90 Å². The van der Waals surface area contributed by atoms with Gasteiger partial charge in [0, 0.05) is 18.5 Å². The van der Waals surface area contributed by atoms with E-state index in [0.29, 0.717) is 18.0 Å². The van der Waals surface area contributed by atoms with Crippen molar-refractivity contribution in [2.24, 2.45) is 0 Å². The SMILES string of the molecule is CC(=O)N(CCc1cccc(Cl)c1)CC(=O)NC(C)c1ccccc1. The number of carbonyl (C=O) groups is 2. The summed E-state index contributed by atoms with van der Waals surface area (Å²) >= 11 is 5.98. The lowest BCUT2D eigenvalue weighted by atomic mass is 10.1. The molecule has 0 saturated carbocycles. The van der Waals surface area contributed by atoms with Crippen molar-refractivity contribution in [1.29, 1.82) is 0 Å². The number of hydrogen-bond donors (Lipinski definition) is 1. The maximum Gasteiger partial charge on any atom is 0.240 e. The predicted octanol–water partition coefficient (Wildman–Crippen LogP) is 3.61. The molecule has 0 fully saturated rings. The highest BCUT2D eigenvalue weighted by molar-refractivity contribution is 6.30. The van der Waals surface area contributed by atoms with Gasteiger partial charge in [-0.25, -0.2) is 0 Å². The minimum atomic E-state index is -0.169. The quantitative estimate of drug-likeness (QED) is 0.822. The molecular formula is C20H23ClN2O2.